The number of benzene rings is 2. The molecule has 2 amide bonds. The molecule has 1 aliphatic rings. The number of amides is 2. The van der Waals surface area contributed by atoms with Gasteiger partial charge in [0.1, 0.15) is 6.54 Å². The van der Waals surface area contributed by atoms with Crippen molar-refractivity contribution in [3.8, 4) is 0 Å². The van der Waals surface area contributed by atoms with Gasteiger partial charge in [0.15, 0.2) is 0 Å². The largest absolute Gasteiger partial charge is 0.355 e. The van der Waals surface area contributed by atoms with E-state index in [9.17, 15) is 9.59 Å². The molecule has 2 N–H and O–H groups in total. The van der Waals surface area contributed by atoms with E-state index < -0.39 is 0 Å². The lowest BCUT2D eigenvalue weighted by atomic mass is 10.2. The van der Waals surface area contributed by atoms with E-state index in [0.29, 0.717) is 5.56 Å². The Morgan fingerprint density at radius 1 is 0.929 bits per heavy atom. The van der Waals surface area contributed by atoms with Crippen molar-refractivity contribution < 1.29 is 9.59 Å². The lowest BCUT2D eigenvalue weighted by Crippen LogP contribution is -2.46. The summed E-state index contributed by atoms with van der Waals surface area (Å²) in [6, 6.07) is 16.7. The van der Waals surface area contributed by atoms with Crippen LogP contribution in [-0.4, -0.2) is 30.0 Å². The molecule has 1 aromatic heterocycles. The summed E-state index contributed by atoms with van der Waals surface area (Å²) in [7, 11) is 3.68. The number of para-hydroxylation sites is 2. The lowest BCUT2D eigenvalue weighted by Gasteiger charge is -2.35. The highest BCUT2D eigenvalue weighted by molar-refractivity contribution is 6.05. The van der Waals surface area contributed by atoms with E-state index in [1.807, 2.05) is 71.5 Å². The van der Waals surface area contributed by atoms with Gasteiger partial charge in [-0.3, -0.25) is 20.0 Å². The highest BCUT2D eigenvalue weighted by Gasteiger charge is 2.26. The van der Waals surface area contributed by atoms with Crippen LogP contribution in [-0.2, 0) is 11.8 Å². The Hall–Kier alpha value is -3.74. The van der Waals surface area contributed by atoms with E-state index in [4.69, 9.17) is 0 Å². The van der Waals surface area contributed by atoms with Gasteiger partial charge in [-0.05, 0) is 42.5 Å². The number of fused-ring (bicyclic) bond motifs is 1. The van der Waals surface area contributed by atoms with Gasteiger partial charge in [0.2, 0.25) is 5.91 Å². The Morgan fingerprint density at radius 3 is 2.32 bits per heavy atom. The van der Waals surface area contributed by atoms with E-state index in [-0.39, 0.29) is 18.4 Å². The molecule has 2 heterocycles. The SMILES string of the molecule is CN1C(=O)CN(Nc2ccc(C(=O)Nc3ccn(C)c3)cc2)c2ccccc21. The zero-order chi connectivity index (χ0) is 19.7. The average Bonchev–Trinajstić information content (AvgIpc) is 3.11. The van der Waals surface area contributed by atoms with Crippen molar-refractivity contribution in [2.75, 3.05) is 34.2 Å². The Morgan fingerprint density at radius 2 is 1.64 bits per heavy atom. The number of hydrogen-bond donors (Lipinski definition) is 2. The van der Waals surface area contributed by atoms with Gasteiger partial charge in [-0.25, -0.2) is 0 Å². The molecule has 1 aliphatic heterocycles. The Kier molecular flexibility index (Phi) is 4.49. The molecule has 0 atom stereocenters. The second kappa shape index (κ2) is 7.11. The number of nitrogens with one attached hydrogen (secondary N) is 2. The van der Waals surface area contributed by atoms with Crippen LogP contribution in [0.3, 0.4) is 0 Å². The van der Waals surface area contributed by atoms with Crippen LogP contribution in [0.25, 0.3) is 0 Å². The van der Waals surface area contributed by atoms with Gasteiger partial charge < -0.3 is 14.8 Å². The second-order valence-electron chi connectivity index (χ2n) is 6.74. The van der Waals surface area contributed by atoms with Crippen LogP contribution in [0.4, 0.5) is 22.7 Å². The monoisotopic (exact) mass is 375 g/mol. The molecule has 3 aromatic rings. The number of nitrogens with zero attached hydrogens (tertiary/aromatic N) is 3. The fourth-order valence-corrected chi connectivity index (χ4v) is 3.17. The molecular formula is C21H21N5O2. The summed E-state index contributed by atoms with van der Waals surface area (Å²) in [5, 5.41) is 4.68. The normalized spacial score (nSPS) is 13.3. The summed E-state index contributed by atoms with van der Waals surface area (Å²) in [4.78, 5) is 26.3. The third kappa shape index (κ3) is 3.42. The molecule has 4 rings (SSSR count). The number of aromatic nitrogens is 1. The predicted octanol–water partition coefficient (Wildman–Crippen LogP) is 3.09. The minimum atomic E-state index is -0.169. The number of hydrazine groups is 1. The molecule has 2 aromatic carbocycles. The van der Waals surface area contributed by atoms with Crippen LogP contribution < -0.4 is 20.7 Å². The molecule has 0 aliphatic carbocycles. The second-order valence-corrected chi connectivity index (χ2v) is 6.74. The zero-order valence-corrected chi connectivity index (χ0v) is 15.7. The Labute approximate surface area is 163 Å². The third-order valence-electron chi connectivity index (χ3n) is 4.70. The molecule has 7 nitrogen and oxygen atoms in total. The van der Waals surface area contributed by atoms with E-state index in [0.717, 1.165) is 22.7 Å². The summed E-state index contributed by atoms with van der Waals surface area (Å²) in [5.41, 5.74) is 7.14. The number of anilines is 4. The molecule has 0 saturated heterocycles. The summed E-state index contributed by atoms with van der Waals surface area (Å²) in [6.07, 6.45) is 3.72. The maximum absolute atomic E-state index is 12.4. The van der Waals surface area contributed by atoms with Crippen LogP contribution >= 0.6 is 0 Å². The number of aryl methyl sites for hydroxylation is 1. The predicted molar refractivity (Wildman–Crippen MR) is 111 cm³/mol. The Balaban J connectivity index is 1.48. The molecule has 28 heavy (non-hydrogen) atoms. The summed E-state index contributed by atoms with van der Waals surface area (Å²) in [5.74, 6) is -0.164. The minimum absolute atomic E-state index is 0.00468. The van der Waals surface area contributed by atoms with Crippen molar-refractivity contribution in [1.29, 1.82) is 0 Å². The van der Waals surface area contributed by atoms with Crippen LogP contribution in [0.5, 0.6) is 0 Å². The van der Waals surface area contributed by atoms with Gasteiger partial charge in [-0.2, -0.15) is 0 Å². The maximum atomic E-state index is 12.4. The number of hydrogen-bond acceptors (Lipinski definition) is 4. The topological polar surface area (TPSA) is 69.6 Å². The lowest BCUT2D eigenvalue weighted by molar-refractivity contribution is -0.117. The molecule has 0 saturated carbocycles. The van der Waals surface area contributed by atoms with E-state index >= 15 is 0 Å². The van der Waals surface area contributed by atoms with Gasteiger partial charge in [0.25, 0.3) is 5.91 Å². The Bertz CT molecular complexity index is 1030. The van der Waals surface area contributed by atoms with Crippen molar-refractivity contribution in [3.05, 3.63) is 72.6 Å². The number of likely N-dealkylation sites (N-methyl/N-ethyl adjacent to an activating group) is 1. The van der Waals surface area contributed by atoms with Gasteiger partial charge in [0, 0.05) is 32.1 Å². The van der Waals surface area contributed by atoms with Crippen molar-refractivity contribution >= 4 is 34.6 Å². The first-order valence-corrected chi connectivity index (χ1v) is 8.94. The fraction of sp³-hybridized carbons (Fsp3) is 0.143. The summed E-state index contributed by atoms with van der Waals surface area (Å²) >= 11 is 0. The first-order valence-electron chi connectivity index (χ1n) is 8.94. The molecule has 0 spiro atoms. The standard InChI is InChI=1S/C21H21N5O2/c1-24-12-11-17(13-24)22-21(28)15-7-9-16(10-8-15)23-26-14-20(27)25(2)18-5-3-4-6-19(18)26/h3-13,23H,14H2,1-2H3,(H,22,28). The van der Waals surface area contributed by atoms with Gasteiger partial charge >= 0.3 is 0 Å². The molecule has 0 fully saturated rings. The molecule has 0 unspecified atom stereocenters. The van der Waals surface area contributed by atoms with Gasteiger partial charge in [-0.1, -0.05) is 12.1 Å². The number of carbonyl (C=O) groups excluding carboxylic acids is 2. The van der Waals surface area contributed by atoms with Gasteiger partial charge in [0.05, 0.1) is 22.7 Å². The summed E-state index contributed by atoms with van der Waals surface area (Å²) < 4.78 is 1.87. The van der Waals surface area contributed by atoms with Crippen molar-refractivity contribution in [2.24, 2.45) is 7.05 Å². The van der Waals surface area contributed by atoms with Crippen molar-refractivity contribution in [2.45, 2.75) is 0 Å². The smallest absolute Gasteiger partial charge is 0.255 e. The third-order valence-corrected chi connectivity index (χ3v) is 4.70. The fourth-order valence-electron chi connectivity index (χ4n) is 3.17. The molecule has 0 radical (unpaired) electrons. The molecule has 0 bridgehead atoms. The van der Waals surface area contributed by atoms with E-state index in [2.05, 4.69) is 10.7 Å². The van der Waals surface area contributed by atoms with Crippen LogP contribution in [0, 0.1) is 0 Å². The van der Waals surface area contributed by atoms with Crippen molar-refractivity contribution in [3.63, 3.8) is 0 Å². The quantitative estimate of drug-likeness (QED) is 0.735. The van der Waals surface area contributed by atoms with E-state index in [1.165, 1.54) is 0 Å². The first kappa shape index (κ1) is 17.7. The minimum Gasteiger partial charge on any atom is -0.355 e. The molecule has 142 valence electrons. The highest BCUT2D eigenvalue weighted by atomic mass is 16.2. The van der Waals surface area contributed by atoms with Crippen LogP contribution in [0.1, 0.15) is 10.4 Å². The first-order chi connectivity index (χ1) is 13.5. The maximum Gasteiger partial charge on any atom is 0.255 e. The highest BCUT2D eigenvalue weighted by Crippen LogP contribution is 2.32. The molecule has 7 heteroatoms. The van der Waals surface area contributed by atoms with Gasteiger partial charge in [-0.15, -0.1) is 0 Å². The van der Waals surface area contributed by atoms with Crippen molar-refractivity contribution in [1.82, 2.24) is 4.57 Å². The molecular weight excluding hydrogens is 354 g/mol. The number of carbonyl (C=O) groups is 2. The van der Waals surface area contributed by atoms with Crippen LogP contribution in [0.15, 0.2) is 67.0 Å². The van der Waals surface area contributed by atoms with E-state index in [1.54, 1.807) is 24.1 Å². The summed E-state index contributed by atoms with van der Waals surface area (Å²) in [6.45, 7) is 0.226. The average molecular weight is 375 g/mol. The number of rotatable bonds is 4. The zero-order valence-electron chi connectivity index (χ0n) is 15.7. The van der Waals surface area contributed by atoms with Crippen LogP contribution in [0.2, 0.25) is 0 Å².